The quantitative estimate of drug-likeness (QED) is 0.450. The summed E-state index contributed by atoms with van der Waals surface area (Å²) >= 11 is 0. The molecule has 1 radical (unpaired) electrons. The lowest BCUT2D eigenvalue weighted by atomic mass is 10.4. The average molecular weight is 97.1 g/mol. The molecule has 1 unspecified atom stereocenters. The fourth-order valence-corrected chi connectivity index (χ4v) is 0.353. The molecule has 1 aliphatic heterocycles. The second kappa shape index (κ2) is 1.75. The molecule has 0 fully saturated rings. The standard InChI is InChI=1S/C4H5N2O/c7-4-2-1-3-5-6-4/h1-4,6H. The van der Waals surface area contributed by atoms with E-state index in [2.05, 4.69) is 10.5 Å². The Morgan fingerprint density at radius 1 is 1.71 bits per heavy atom. The van der Waals surface area contributed by atoms with Crippen LogP contribution in [0.4, 0.5) is 0 Å². The fourth-order valence-electron chi connectivity index (χ4n) is 0.353. The van der Waals surface area contributed by atoms with Gasteiger partial charge in [-0.15, -0.1) is 0 Å². The van der Waals surface area contributed by atoms with Gasteiger partial charge in [0.2, 0.25) is 0 Å². The highest BCUT2D eigenvalue weighted by molar-refractivity contribution is 5.71. The Balaban J connectivity index is 2.49. The van der Waals surface area contributed by atoms with Gasteiger partial charge in [0.15, 0.2) is 6.23 Å². The monoisotopic (exact) mass is 97.0 g/mol. The Kier molecular flexibility index (Phi) is 1.08. The van der Waals surface area contributed by atoms with E-state index in [4.69, 9.17) is 0 Å². The summed E-state index contributed by atoms with van der Waals surface area (Å²) in [5.41, 5.74) is 2.31. The van der Waals surface area contributed by atoms with Gasteiger partial charge in [0, 0.05) is 6.21 Å². The van der Waals surface area contributed by atoms with Crippen LogP contribution in [-0.2, 0) is 5.11 Å². The number of rotatable bonds is 0. The van der Waals surface area contributed by atoms with Crippen LogP contribution in [0.2, 0.25) is 0 Å². The van der Waals surface area contributed by atoms with Gasteiger partial charge in [0.1, 0.15) is 0 Å². The maximum absolute atomic E-state index is 10.2. The molecule has 1 atom stereocenters. The van der Waals surface area contributed by atoms with Crippen LogP contribution in [0.25, 0.3) is 0 Å². The van der Waals surface area contributed by atoms with Crippen LogP contribution in [0, 0.1) is 0 Å². The molecule has 0 bridgehead atoms. The van der Waals surface area contributed by atoms with E-state index in [1.54, 1.807) is 6.08 Å². The largest absolute Gasteiger partial charge is 0.275 e. The highest BCUT2D eigenvalue weighted by Gasteiger charge is 1.96. The molecule has 0 aromatic heterocycles. The molecule has 3 nitrogen and oxygen atoms in total. The molecule has 1 heterocycles. The third-order valence-corrected chi connectivity index (χ3v) is 0.648. The van der Waals surface area contributed by atoms with Crippen molar-refractivity contribution in [2.24, 2.45) is 5.10 Å². The molecule has 3 heteroatoms. The van der Waals surface area contributed by atoms with Crippen LogP contribution in [0.5, 0.6) is 0 Å². The second-order valence-electron chi connectivity index (χ2n) is 1.21. The van der Waals surface area contributed by atoms with Crippen molar-refractivity contribution in [3.05, 3.63) is 12.2 Å². The molecule has 0 aromatic carbocycles. The molecule has 37 valence electrons. The summed E-state index contributed by atoms with van der Waals surface area (Å²) in [6.45, 7) is 0. The van der Waals surface area contributed by atoms with Gasteiger partial charge in [-0.3, -0.25) is 5.43 Å². The number of hydrogen-bond acceptors (Lipinski definition) is 2. The molecular weight excluding hydrogens is 92.1 g/mol. The van der Waals surface area contributed by atoms with Crippen LogP contribution >= 0.6 is 0 Å². The molecule has 0 spiro atoms. The normalized spacial score (nSPS) is 27.3. The predicted molar refractivity (Wildman–Crippen MR) is 25.2 cm³/mol. The first-order valence-corrected chi connectivity index (χ1v) is 2.01. The number of allylic oxidation sites excluding steroid dienone is 1. The first-order valence-electron chi connectivity index (χ1n) is 2.01. The molecule has 7 heavy (non-hydrogen) atoms. The minimum absolute atomic E-state index is 0.843. The first-order chi connectivity index (χ1) is 3.39. The molecule has 0 saturated carbocycles. The van der Waals surface area contributed by atoms with Crippen LogP contribution < -0.4 is 5.43 Å². The van der Waals surface area contributed by atoms with Crippen molar-refractivity contribution in [3.8, 4) is 0 Å². The van der Waals surface area contributed by atoms with Gasteiger partial charge in [0.05, 0.1) is 0 Å². The van der Waals surface area contributed by atoms with Gasteiger partial charge in [0.25, 0.3) is 0 Å². The zero-order valence-electron chi connectivity index (χ0n) is 3.66. The number of hydrazone groups is 1. The van der Waals surface area contributed by atoms with Gasteiger partial charge < -0.3 is 0 Å². The van der Waals surface area contributed by atoms with Crippen molar-refractivity contribution in [1.29, 1.82) is 0 Å². The summed E-state index contributed by atoms with van der Waals surface area (Å²) in [4.78, 5) is 0. The molecule has 0 aliphatic carbocycles. The summed E-state index contributed by atoms with van der Waals surface area (Å²) in [6.07, 6.45) is 3.81. The van der Waals surface area contributed by atoms with Gasteiger partial charge in [-0.05, 0) is 12.2 Å². The number of nitrogens with one attached hydrogen (secondary N) is 1. The van der Waals surface area contributed by atoms with Gasteiger partial charge in [-0.25, -0.2) is 5.11 Å². The summed E-state index contributed by atoms with van der Waals surface area (Å²) in [5.74, 6) is 0. The van der Waals surface area contributed by atoms with E-state index in [0.29, 0.717) is 0 Å². The molecule has 0 aromatic rings. The second-order valence-corrected chi connectivity index (χ2v) is 1.21. The predicted octanol–water partition coefficient (Wildman–Crippen LogP) is -0.112. The summed E-state index contributed by atoms with van der Waals surface area (Å²) < 4.78 is 0. The van der Waals surface area contributed by atoms with E-state index in [1.165, 1.54) is 12.3 Å². The Labute approximate surface area is 41.3 Å². The molecule has 1 rings (SSSR count). The third kappa shape index (κ3) is 1.01. The summed E-state index contributed by atoms with van der Waals surface area (Å²) in [7, 11) is 0. The van der Waals surface area contributed by atoms with Crippen molar-refractivity contribution in [2.45, 2.75) is 6.23 Å². The smallest absolute Gasteiger partial charge is 0.196 e. The van der Waals surface area contributed by atoms with Crippen LogP contribution in [-0.4, -0.2) is 12.4 Å². The minimum atomic E-state index is -0.843. The van der Waals surface area contributed by atoms with Gasteiger partial charge >= 0.3 is 0 Å². The lowest BCUT2D eigenvalue weighted by Gasteiger charge is -2.02. The minimum Gasteiger partial charge on any atom is -0.275 e. The van der Waals surface area contributed by atoms with Gasteiger partial charge in [-0.2, -0.15) is 5.10 Å². The fraction of sp³-hybridized carbons (Fsp3) is 0.250. The SMILES string of the molecule is [O]C1C=CC=NN1. The highest BCUT2D eigenvalue weighted by atomic mass is 16.3. The van der Waals surface area contributed by atoms with E-state index in [-0.39, 0.29) is 0 Å². The van der Waals surface area contributed by atoms with Crippen LogP contribution in [0.3, 0.4) is 0 Å². The molecule has 0 amide bonds. The van der Waals surface area contributed by atoms with Crippen LogP contribution in [0.1, 0.15) is 0 Å². The van der Waals surface area contributed by atoms with Crippen molar-refractivity contribution >= 4 is 6.21 Å². The van der Waals surface area contributed by atoms with Crippen molar-refractivity contribution < 1.29 is 5.11 Å². The van der Waals surface area contributed by atoms with Crippen molar-refractivity contribution in [1.82, 2.24) is 5.43 Å². The van der Waals surface area contributed by atoms with Crippen LogP contribution in [0.15, 0.2) is 17.3 Å². The van der Waals surface area contributed by atoms with E-state index in [9.17, 15) is 5.11 Å². The Hall–Kier alpha value is -0.830. The molecule has 0 saturated heterocycles. The Morgan fingerprint density at radius 3 is 2.86 bits per heavy atom. The zero-order valence-corrected chi connectivity index (χ0v) is 3.66. The number of hydrogen-bond donors (Lipinski definition) is 1. The zero-order chi connectivity index (χ0) is 5.11. The Bertz CT molecular complexity index is 108. The summed E-state index contributed by atoms with van der Waals surface area (Å²) in [6, 6.07) is 0. The molecular formula is C4H5N2O. The van der Waals surface area contributed by atoms with E-state index < -0.39 is 6.23 Å². The first kappa shape index (κ1) is 4.33. The van der Waals surface area contributed by atoms with E-state index in [1.807, 2.05) is 0 Å². The van der Waals surface area contributed by atoms with Crippen molar-refractivity contribution in [3.63, 3.8) is 0 Å². The summed E-state index contributed by atoms with van der Waals surface area (Å²) in [5, 5.41) is 13.7. The molecule has 1 N–H and O–H groups in total. The van der Waals surface area contributed by atoms with Gasteiger partial charge in [-0.1, -0.05) is 0 Å². The lowest BCUT2D eigenvalue weighted by Crippen LogP contribution is -2.21. The number of nitrogens with zero attached hydrogens (tertiary/aromatic N) is 1. The molecule has 1 aliphatic rings. The van der Waals surface area contributed by atoms with E-state index in [0.717, 1.165) is 0 Å². The third-order valence-electron chi connectivity index (χ3n) is 0.648. The van der Waals surface area contributed by atoms with Crippen molar-refractivity contribution in [2.75, 3.05) is 0 Å². The average Bonchev–Trinajstić information content (AvgIpc) is 1.69. The highest BCUT2D eigenvalue weighted by Crippen LogP contribution is 1.84. The maximum atomic E-state index is 10.2. The maximum Gasteiger partial charge on any atom is 0.196 e. The van der Waals surface area contributed by atoms with E-state index >= 15 is 0 Å². The Morgan fingerprint density at radius 2 is 2.57 bits per heavy atom. The topological polar surface area (TPSA) is 44.3 Å². The lowest BCUT2D eigenvalue weighted by molar-refractivity contribution is 0.100.